The summed E-state index contributed by atoms with van der Waals surface area (Å²) in [4.78, 5) is 32.0. The third-order valence-electron chi connectivity index (χ3n) is 7.29. The Kier molecular flexibility index (Phi) is 6.99. The van der Waals surface area contributed by atoms with Crippen LogP contribution >= 0.6 is 0 Å². The van der Waals surface area contributed by atoms with Crippen LogP contribution in [0.5, 0.6) is 5.75 Å². The monoisotopic (exact) mass is 533 g/mol. The van der Waals surface area contributed by atoms with Gasteiger partial charge in [-0.1, -0.05) is 12.1 Å². The Morgan fingerprint density at radius 1 is 1.00 bits per heavy atom. The lowest BCUT2D eigenvalue weighted by Gasteiger charge is -2.28. The zero-order chi connectivity index (χ0) is 27.8. The second kappa shape index (κ2) is 10.4. The van der Waals surface area contributed by atoms with Gasteiger partial charge in [0.1, 0.15) is 18.1 Å². The van der Waals surface area contributed by atoms with E-state index in [9.17, 15) is 23.5 Å². The van der Waals surface area contributed by atoms with Gasteiger partial charge in [-0.3, -0.25) is 14.5 Å². The summed E-state index contributed by atoms with van der Waals surface area (Å²) in [5.74, 6) is -3.81. The van der Waals surface area contributed by atoms with Gasteiger partial charge in [0.2, 0.25) is 0 Å². The van der Waals surface area contributed by atoms with Crippen molar-refractivity contribution in [2.24, 2.45) is 0 Å². The molecule has 7 nitrogen and oxygen atoms in total. The lowest BCUT2D eigenvalue weighted by atomic mass is 9.94. The molecule has 1 saturated heterocycles. The molecule has 2 heterocycles. The van der Waals surface area contributed by atoms with Crippen molar-refractivity contribution >= 4 is 34.5 Å². The Labute approximate surface area is 225 Å². The van der Waals surface area contributed by atoms with Crippen LogP contribution in [0.3, 0.4) is 0 Å². The topological polar surface area (TPSA) is 73.3 Å². The molecule has 2 aliphatic heterocycles. The molecule has 2 aliphatic rings. The number of halogens is 2. The number of aliphatic hydroxyl groups is 1. The lowest BCUT2D eigenvalue weighted by molar-refractivity contribution is -0.132. The molecule has 0 radical (unpaired) electrons. The summed E-state index contributed by atoms with van der Waals surface area (Å²) in [6.45, 7) is 6.83. The van der Waals surface area contributed by atoms with Gasteiger partial charge < -0.3 is 19.6 Å². The highest BCUT2D eigenvalue weighted by Gasteiger charge is 2.47. The lowest BCUT2D eigenvalue weighted by Crippen LogP contribution is -2.29. The first-order valence-electron chi connectivity index (χ1n) is 12.8. The predicted octanol–water partition coefficient (Wildman–Crippen LogP) is 5.27. The van der Waals surface area contributed by atoms with Crippen LogP contribution < -0.4 is 19.4 Å². The number of carbonyl (C=O) groups is 2. The highest BCUT2D eigenvalue weighted by atomic mass is 19.2. The van der Waals surface area contributed by atoms with Crippen molar-refractivity contribution in [3.8, 4) is 5.75 Å². The summed E-state index contributed by atoms with van der Waals surface area (Å²) < 4.78 is 33.7. The van der Waals surface area contributed by atoms with Gasteiger partial charge in [0, 0.05) is 43.1 Å². The first kappa shape index (κ1) is 26.2. The molecule has 202 valence electrons. The number of carbonyl (C=O) groups excluding carboxylic acids is 2. The highest BCUT2D eigenvalue weighted by Crippen LogP contribution is 2.43. The number of benzene rings is 3. The summed E-state index contributed by atoms with van der Waals surface area (Å²) in [6.07, 6.45) is 0. The van der Waals surface area contributed by atoms with Gasteiger partial charge in [0.05, 0.1) is 23.8 Å². The van der Waals surface area contributed by atoms with E-state index >= 15 is 0 Å². The van der Waals surface area contributed by atoms with Crippen LogP contribution in [0.2, 0.25) is 0 Å². The number of hydrogen-bond donors (Lipinski definition) is 1. The minimum Gasteiger partial charge on any atom is -0.507 e. The largest absolute Gasteiger partial charge is 0.507 e. The first-order chi connectivity index (χ1) is 18.7. The number of ketones is 1. The fraction of sp³-hybridized carbons (Fsp3) is 0.267. The van der Waals surface area contributed by atoms with Crippen LogP contribution in [0, 0.1) is 11.6 Å². The Bertz CT molecular complexity index is 1470. The maximum absolute atomic E-state index is 14.2. The second-order valence-corrected chi connectivity index (χ2v) is 9.48. The summed E-state index contributed by atoms with van der Waals surface area (Å²) in [5.41, 5.74) is 2.42. The molecule has 1 unspecified atom stereocenters. The Balaban J connectivity index is 1.68. The molecule has 1 atom stereocenters. The molecule has 1 fully saturated rings. The molecule has 3 aromatic rings. The van der Waals surface area contributed by atoms with Crippen molar-refractivity contribution in [1.82, 2.24) is 0 Å². The van der Waals surface area contributed by atoms with E-state index in [0.717, 1.165) is 41.5 Å². The number of ether oxygens (including phenoxy) is 1. The number of Topliss-reactive ketones (excluding diaryl/α,β-unsaturated/α-hetero) is 1. The van der Waals surface area contributed by atoms with Crippen LogP contribution in [0.4, 0.5) is 25.8 Å². The van der Waals surface area contributed by atoms with Crippen LogP contribution in [0.15, 0.2) is 66.2 Å². The molecule has 5 rings (SSSR count). The summed E-state index contributed by atoms with van der Waals surface area (Å²) in [5, 5.41) is 11.5. The maximum Gasteiger partial charge on any atom is 0.300 e. The van der Waals surface area contributed by atoms with E-state index in [2.05, 4.69) is 4.90 Å². The SMILES string of the molecule is CCN(CC)c1ccc(C2/C(=C(/O)c3ccc4c(c3)N(C)CCO4)C(=O)C(=O)N2c2ccc(F)c(F)c2)cc1. The summed E-state index contributed by atoms with van der Waals surface area (Å²) in [6, 6.07) is 14.3. The number of likely N-dealkylation sites (N-methyl/N-ethyl adjacent to an activating group) is 1. The molecule has 0 saturated carbocycles. The van der Waals surface area contributed by atoms with Crippen molar-refractivity contribution in [2.75, 3.05) is 48.0 Å². The third-order valence-corrected chi connectivity index (χ3v) is 7.29. The van der Waals surface area contributed by atoms with Gasteiger partial charge in [0.15, 0.2) is 11.6 Å². The maximum atomic E-state index is 14.2. The predicted molar refractivity (Wildman–Crippen MR) is 146 cm³/mol. The molecule has 0 aliphatic carbocycles. The number of amides is 1. The highest BCUT2D eigenvalue weighted by molar-refractivity contribution is 6.51. The second-order valence-electron chi connectivity index (χ2n) is 9.48. The Hall–Kier alpha value is -4.40. The summed E-state index contributed by atoms with van der Waals surface area (Å²) in [7, 11) is 1.89. The quantitative estimate of drug-likeness (QED) is 0.265. The van der Waals surface area contributed by atoms with Crippen molar-refractivity contribution in [3.05, 3.63) is 89.0 Å². The fourth-order valence-corrected chi connectivity index (χ4v) is 5.16. The van der Waals surface area contributed by atoms with Crippen molar-refractivity contribution in [1.29, 1.82) is 0 Å². The number of hydrogen-bond acceptors (Lipinski definition) is 6. The van der Waals surface area contributed by atoms with Gasteiger partial charge >= 0.3 is 0 Å². The van der Waals surface area contributed by atoms with E-state index in [1.807, 2.05) is 37.9 Å². The van der Waals surface area contributed by atoms with E-state index in [1.165, 1.54) is 6.07 Å². The van der Waals surface area contributed by atoms with Crippen molar-refractivity contribution < 1.29 is 28.2 Å². The molecular weight excluding hydrogens is 504 g/mol. The third kappa shape index (κ3) is 4.58. The van der Waals surface area contributed by atoms with Crippen LogP contribution in [-0.2, 0) is 9.59 Å². The van der Waals surface area contributed by atoms with Crippen molar-refractivity contribution in [3.63, 3.8) is 0 Å². The molecule has 9 heteroatoms. The molecule has 39 heavy (non-hydrogen) atoms. The number of nitrogens with zero attached hydrogens (tertiary/aromatic N) is 3. The van der Waals surface area contributed by atoms with Gasteiger partial charge in [-0.15, -0.1) is 0 Å². The smallest absolute Gasteiger partial charge is 0.300 e. The Morgan fingerprint density at radius 2 is 1.72 bits per heavy atom. The summed E-state index contributed by atoms with van der Waals surface area (Å²) >= 11 is 0. The minimum absolute atomic E-state index is 0.00597. The zero-order valence-corrected chi connectivity index (χ0v) is 21.9. The number of aliphatic hydroxyl groups excluding tert-OH is 1. The molecule has 1 N–H and O–H groups in total. The van der Waals surface area contributed by atoms with Crippen LogP contribution in [0.25, 0.3) is 5.76 Å². The molecule has 0 spiro atoms. The number of rotatable bonds is 6. The van der Waals surface area contributed by atoms with Gasteiger partial charge in [-0.25, -0.2) is 8.78 Å². The first-order valence-corrected chi connectivity index (χ1v) is 12.8. The van der Waals surface area contributed by atoms with E-state index in [0.29, 0.717) is 30.0 Å². The minimum atomic E-state index is -1.15. The molecule has 0 bridgehead atoms. The number of fused-ring (bicyclic) bond motifs is 1. The van der Waals surface area contributed by atoms with Crippen molar-refractivity contribution in [2.45, 2.75) is 19.9 Å². The zero-order valence-electron chi connectivity index (χ0n) is 21.9. The Morgan fingerprint density at radius 3 is 2.38 bits per heavy atom. The number of anilines is 3. The van der Waals surface area contributed by atoms with Gasteiger partial charge in [-0.2, -0.15) is 0 Å². The van der Waals surface area contributed by atoms with E-state index in [-0.39, 0.29) is 17.0 Å². The molecular formula is C30H29F2N3O4. The average Bonchev–Trinajstić information content (AvgIpc) is 3.21. The molecule has 0 aromatic heterocycles. The standard InChI is InChI=1S/C30H29F2N3O4/c1-4-34(5-2)20-9-6-18(7-10-20)27-26(28(36)19-8-13-25-24(16-19)33(3)14-15-39-25)29(37)30(38)35(27)21-11-12-22(31)23(32)17-21/h6-13,16-17,27,36H,4-5,14-15H2,1-3H3/b28-26-. The average molecular weight is 534 g/mol. The van der Waals surface area contributed by atoms with Crippen LogP contribution in [0.1, 0.15) is 31.0 Å². The normalized spacial score (nSPS) is 18.2. The molecule has 3 aromatic carbocycles. The van der Waals surface area contributed by atoms with Gasteiger partial charge in [-0.05, 0) is 61.9 Å². The fourth-order valence-electron chi connectivity index (χ4n) is 5.16. The van der Waals surface area contributed by atoms with E-state index in [1.54, 1.807) is 30.3 Å². The van der Waals surface area contributed by atoms with E-state index < -0.39 is 29.4 Å². The van der Waals surface area contributed by atoms with Gasteiger partial charge in [0.25, 0.3) is 11.7 Å². The van der Waals surface area contributed by atoms with Crippen LogP contribution in [-0.4, -0.2) is 50.1 Å². The van der Waals surface area contributed by atoms with E-state index in [4.69, 9.17) is 4.74 Å². The molecule has 1 amide bonds.